The summed E-state index contributed by atoms with van der Waals surface area (Å²) in [7, 11) is 0. The molecule has 5 rings (SSSR count). The molecule has 1 aliphatic heterocycles. The molecule has 7 heteroatoms. The van der Waals surface area contributed by atoms with Gasteiger partial charge in [-0.15, -0.1) is 0 Å². The number of benzene rings is 2. The van der Waals surface area contributed by atoms with Crippen LogP contribution >= 0.6 is 11.6 Å². The van der Waals surface area contributed by atoms with Gasteiger partial charge in [-0.1, -0.05) is 35.9 Å². The Morgan fingerprint density at radius 3 is 2.89 bits per heavy atom. The van der Waals surface area contributed by atoms with E-state index in [1.807, 2.05) is 55.5 Å². The van der Waals surface area contributed by atoms with E-state index in [4.69, 9.17) is 16.0 Å². The fraction of sp³-hybridized carbons (Fsp3) is 0.150. The number of aryl methyl sites for hydroxylation is 1. The molecule has 1 atom stereocenters. The summed E-state index contributed by atoms with van der Waals surface area (Å²) in [5.41, 5.74) is 4.17. The summed E-state index contributed by atoms with van der Waals surface area (Å²) in [5, 5.41) is 8.18. The fourth-order valence-corrected chi connectivity index (χ4v) is 3.84. The van der Waals surface area contributed by atoms with Gasteiger partial charge < -0.3 is 9.73 Å². The second kappa shape index (κ2) is 5.96. The molecule has 3 heterocycles. The van der Waals surface area contributed by atoms with Crippen molar-refractivity contribution in [1.29, 1.82) is 0 Å². The lowest BCUT2D eigenvalue weighted by Crippen LogP contribution is -2.25. The van der Waals surface area contributed by atoms with E-state index in [1.165, 1.54) is 0 Å². The van der Waals surface area contributed by atoms with Gasteiger partial charge in [0.1, 0.15) is 11.3 Å². The smallest absolute Gasteiger partial charge is 0.325 e. The number of rotatable bonds is 2. The van der Waals surface area contributed by atoms with Crippen molar-refractivity contribution in [2.24, 2.45) is 0 Å². The molecule has 0 fully saturated rings. The van der Waals surface area contributed by atoms with Crippen LogP contribution in [-0.4, -0.2) is 20.7 Å². The number of aromatic nitrogens is 3. The largest absolute Gasteiger partial charge is 0.422 e. The Morgan fingerprint density at radius 2 is 2.07 bits per heavy atom. The number of para-hydroxylation sites is 2. The van der Waals surface area contributed by atoms with E-state index >= 15 is 0 Å². The van der Waals surface area contributed by atoms with Gasteiger partial charge in [0.05, 0.1) is 5.69 Å². The number of carbonyl (C=O) groups is 1. The van der Waals surface area contributed by atoms with Crippen LogP contribution in [0.2, 0.25) is 5.02 Å². The number of fused-ring (bicyclic) bond motifs is 2. The van der Waals surface area contributed by atoms with Crippen molar-refractivity contribution in [3.63, 3.8) is 0 Å². The van der Waals surface area contributed by atoms with Gasteiger partial charge in [-0.25, -0.2) is 0 Å². The maximum absolute atomic E-state index is 12.4. The molecule has 134 valence electrons. The minimum atomic E-state index is -0.120. The van der Waals surface area contributed by atoms with Crippen LogP contribution in [0.15, 0.2) is 52.9 Å². The third-order valence-corrected chi connectivity index (χ3v) is 5.05. The van der Waals surface area contributed by atoms with E-state index in [0.29, 0.717) is 28.9 Å². The molecule has 4 aromatic rings. The SMILES string of the molecule is Cc1nn(-c2nc3ccccc3o2)c2c1[C@@H](c1cccc(Cl)c1)CC(=O)N2. The van der Waals surface area contributed by atoms with Gasteiger partial charge >= 0.3 is 6.01 Å². The Kier molecular flexibility index (Phi) is 3.55. The Bertz CT molecular complexity index is 1160. The monoisotopic (exact) mass is 378 g/mol. The van der Waals surface area contributed by atoms with Crippen LogP contribution in [0.4, 0.5) is 5.82 Å². The molecule has 0 saturated heterocycles. The highest BCUT2D eigenvalue weighted by atomic mass is 35.5. The van der Waals surface area contributed by atoms with Gasteiger partial charge in [-0.3, -0.25) is 4.79 Å². The van der Waals surface area contributed by atoms with Crippen molar-refractivity contribution in [3.05, 3.63) is 70.4 Å². The average Bonchev–Trinajstić information content (AvgIpc) is 3.22. The predicted molar refractivity (Wildman–Crippen MR) is 102 cm³/mol. The van der Waals surface area contributed by atoms with Gasteiger partial charge in [0, 0.05) is 22.9 Å². The van der Waals surface area contributed by atoms with E-state index in [-0.39, 0.29) is 11.8 Å². The highest BCUT2D eigenvalue weighted by Crippen LogP contribution is 2.40. The molecule has 0 spiro atoms. The van der Waals surface area contributed by atoms with Crippen LogP contribution in [0.1, 0.15) is 29.2 Å². The van der Waals surface area contributed by atoms with Crippen molar-refractivity contribution >= 4 is 34.4 Å². The van der Waals surface area contributed by atoms with Gasteiger partial charge in [0.2, 0.25) is 5.91 Å². The minimum absolute atomic E-state index is 0.0789. The van der Waals surface area contributed by atoms with Crippen molar-refractivity contribution in [2.75, 3.05) is 5.32 Å². The third kappa shape index (κ3) is 2.61. The number of hydrogen-bond acceptors (Lipinski definition) is 4. The maximum atomic E-state index is 12.4. The van der Waals surface area contributed by atoms with E-state index in [2.05, 4.69) is 15.4 Å². The molecular weight excluding hydrogens is 364 g/mol. The Morgan fingerprint density at radius 1 is 1.22 bits per heavy atom. The highest BCUT2D eigenvalue weighted by molar-refractivity contribution is 6.30. The van der Waals surface area contributed by atoms with Crippen molar-refractivity contribution in [3.8, 4) is 6.01 Å². The molecule has 2 aromatic carbocycles. The number of hydrogen-bond donors (Lipinski definition) is 1. The second-order valence-electron chi connectivity index (χ2n) is 6.58. The molecule has 0 saturated carbocycles. The summed E-state index contributed by atoms with van der Waals surface area (Å²) in [6, 6.07) is 15.4. The molecule has 0 aliphatic carbocycles. The standard InChI is InChI=1S/C20H15ClN4O2/c1-11-18-14(12-5-4-6-13(21)9-12)10-17(26)23-19(18)25(24-11)20-22-15-7-2-3-8-16(15)27-20/h2-9,14H,10H2,1H3,(H,23,26)/t14-/m1/s1. The zero-order valence-corrected chi connectivity index (χ0v) is 15.2. The summed E-state index contributed by atoms with van der Waals surface area (Å²) >= 11 is 6.17. The normalized spacial score (nSPS) is 16.4. The van der Waals surface area contributed by atoms with Gasteiger partial charge in [-0.2, -0.15) is 14.8 Å². The Hall–Kier alpha value is -3.12. The molecule has 1 amide bonds. The lowest BCUT2D eigenvalue weighted by Gasteiger charge is -2.24. The first-order valence-corrected chi connectivity index (χ1v) is 8.99. The number of anilines is 1. The van der Waals surface area contributed by atoms with Crippen LogP contribution in [0.25, 0.3) is 17.1 Å². The minimum Gasteiger partial charge on any atom is -0.422 e. The third-order valence-electron chi connectivity index (χ3n) is 4.82. The first-order valence-electron chi connectivity index (χ1n) is 8.61. The second-order valence-corrected chi connectivity index (χ2v) is 7.02. The van der Waals surface area contributed by atoms with Gasteiger partial charge in [0.25, 0.3) is 0 Å². The van der Waals surface area contributed by atoms with E-state index < -0.39 is 0 Å². The molecule has 1 N–H and O–H groups in total. The maximum Gasteiger partial charge on any atom is 0.325 e. The Labute approximate surface area is 159 Å². The molecule has 27 heavy (non-hydrogen) atoms. The molecule has 0 radical (unpaired) electrons. The summed E-state index contributed by atoms with van der Waals surface area (Å²) in [6.07, 6.45) is 0.341. The van der Waals surface area contributed by atoms with E-state index in [9.17, 15) is 4.79 Å². The number of amides is 1. The molecule has 2 aromatic heterocycles. The molecule has 0 bridgehead atoms. The van der Waals surface area contributed by atoms with Crippen molar-refractivity contribution in [2.45, 2.75) is 19.3 Å². The lowest BCUT2D eigenvalue weighted by molar-refractivity contribution is -0.116. The van der Waals surface area contributed by atoms with Crippen LogP contribution in [0.3, 0.4) is 0 Å². The molecule has 1 aliphatic rings. The topological polar surface area (TPSA) is 73.0 Å². The predicted octanol–water partition coefficient (Wildman–Crippen LogP) is 4.45. The van der Waals surface area contributed by atoms with Gasteiger partial charge in [0.15, 0.2) is 5.58 Å². The number of nitrogens with zero attached hydrogens (tertiary/aromatic N) is 3. The lowest BCUT2D eigenvalue weighted by atomic mass is 9.86. The first-order chi connectivity index (χ1) is 13.1. The fourth-order valence-electron chi connectivity index (χ4n) is 3.64. The van der Waals surface area contributed by atoms with Crippen molar-refractivity contribution in [1.82, 2.24) is 14.8 Å². The van der Waals surface area contributed by atoms with Crippen LogP contribution in [0, 0.1) is 6.92 Å². The molecule has 6 nitrogen and oxygen atoms in total. The average molecular weight is 379 g/mol. The quantitative estimate of drug-likeness (QED) is 0.559. The highest BCUT2D eigenvalue weighted by Gasteiger charge is 2.33. The van der Waals surface area contributed by atoms with Crippen LogP contribution in [0.5, 0.6) is 0 Å². The number of carbonyl (C=O) groups excluding carboxylic acids is 1. The number of nitrogens with one attached hydrogen (secondary N) is 1. The summed E-state index contributed by atoms with van der Waals surface area (Å²) in [6.45, 7) is 1.92. The summed E-state index contributed by atoms with van der Waals surface area (Å²) in [4.78, 5) is 16.9. The zero-order chi connectivity index (χ0) is 18.5. The number of halogens is 1. The van der Waals surface area contributed by atoms with E-state index in [1.54, 1.807) is 4.68 Å². The summed E-state index contributed by atoms with van der Waals surface area (Å²) < 4.78 is 7.41. The van der Waals surface area contributed by atoms with E-state index in [0.717, 1.165) is 22.3 Å². The van der Waals surface area contributed by atoms with Crippen LogP contribution in [-0.2, 0) is 4.79 Å². The summed E-state index contributed by atoms with van der Waals surface area (Å²) in [5.74, 6) is 0.399. The number of oxazole rings is 1. The van der Waals surface area contributed by atoms with Crippen LogP contribution < -0.4 is 5.32 Å². The first kappa shape index (κ1) is 16.1. The van der Waals surface area contributed by atoms with Gasteiger partial charge in [-0.05, 0) is 36.8 Å². The zero-order valence-electron chi connectivity index (χ0n) is 14.4. The molecule has 0 unspecified atom stereocenters. The Balaban J connectivity index is 1.69. The molecular formula is C20H15ClN4O2. The van der Waals surface area contributed by atoms with Crippen molar-refractivity contribution < 1.29 is 9.21 Å².